The van der Waals surface area contributed by atoms with Gasteiger partial charge in [-0.25, -0.2) is 0 Å². The van der Waals surface area contributed by atoms with Crippen LogP contribution in [0, 0.1) is 0 Å². The largest absolute Gasteiger partial charge is 0.481 e. The molecule has 0 bridgehead atoms. The van der Waals surface area contributed by atoms with Gasteiger partial charge in [0.15, 0.2) is 0 Å². The quantitative estimate of drug-likeness (QED) is 0.653. The van der Waals surface area contributed by atoms with Crippen molar-refractivity contribution in [3.05, 3.63) is 47.0 Å². The predicted molar refractivity (Wildman–Crippen MR) is 98.5 cm³/mol. The summed E-state index contributed by atoms with van der Waals surface area (Å²) < 4.78 is 0.463. The molecule has 3 rings (SSSR count). The first kappa shape index (κ1) is 16.6. The highest BCUT2D eigenvalue weighted by Crippen LogP contribution is 2.32. The molecule has 1 aliphatic rings. The van der Waals surface area contributed by atoms with E-state index in [2.05, 4.69) is 4.98 Å². The molecule has 2 aromatic rings. The number of para-hydroxylation sites is 1. The third kappa shape index (κ3) is 3.63. The molecule has 7 heteroatoms. The third-order valence-corrected chi connectivity index (χ3v) is 4.93. The molecule has 5 nitrogen and oxygen atoms in total. The van der Waals surface area contributed by atoms with Crippen molar-refractivity contribution in [1.82, 2.24) is 9.88 Å². The molecule has 2 heterocycles. The van der Waals surface area contributed by atoms with Crippen LogP contribution in [0.1, 0.15) is 18.4 Å². The van der Waals surface area contributed by atoms with Crippen molar-refractivity contribution < 1.29 is 14.7 Å². The number of carboxylic acid groups (broad SMARTS) is 1. The molecule has 1 amide bonds. The number of carbonyl (C=O) groups is 2. The van der Waals surface area contributed by atoms with E-state index in [-0.39, 0.29) is 12.3 Å². The van der Waals surface area contributed by atoms with Crippen LogP contribution in [0.3, 0.4) is 0 Å². The molecule has 0 aliphatic carbocycles. The van der Waals surface area contributed by atoms with E-state index in [9.17, 15) is 9.59 Å². The number of thioether (sulfide) groups is 1. The van der Waals surface area contributed by atoms with Crippen molar-refractivity contribution in [3.63, 3.8) is 0 Å². The maximum atomic E-state index is 12.4. The Morgan fingerprint density at radius 1 is 1.38 bits per heavy atom. The highest BCUT2D eigenvalue weighted by Gasteiger charge is 2.31. The Hall–Kier alpha value is -2.25. The van der Waals surface area contributed by atoms with E-state index in [0.717, 1.165) is 16.5 Å². The summed E-state index contributed by atoms with van der Waals surface area (Å²) in [5.41, 5.74) is 1.73. The van der Waals surface area contributed by atoms with E-state index in [1.54, 1.807) is 12.3 Å². The molecule has 1 fully saturated rings. The first-order chi connectivity index (χ1) is 11.5. The highest BCUT2D eigenvalue weighted by molar-refractivity contribution is 8.26. The molecule has 0 spiro atoms. The second-order valence-corrected chi connectivity index (χ2v) is 6.97. The Balaban J connectivity index is 1.78. The van der Waals surface area contributed by atoms with Crippen molar-refractivity contribution in [3.8, 4) is 0 Å². The van der Waals surface area contributed by atoms with Crippen LogP contribution in [-0.4, -0.2) is 37.7 Å². The summed E-state index contributed by atoms with van der Waals surface area (Å²) in [7, 11) is 0. The number of amides is 1. The average Bonchev–Trinajstić information content (AvgIpc) is 2.82. The Morgan fingerprint density at radius 2 is 2.17 bits per heavy atom. The number of benzene rings is 1. The van der Waals surface area contributed by atoms with E-state index in [1.807, 2.05) is 30.3 Å². The summed E-state index contributed by atoms with van der Waals surface area (Å²) >= 11 is 6.47. The molecular formula is C17H14N2O3S2. The van der Waals surface area contributed by atoms with Gasteiger partial charge in [-0.3, -0.25) is 19.5 Å². The summed E-state index contributed by atoms with van der Waals surface area (Å²) in [6, 6.07) is 9.74. The molecule has 0 radical (unpaired) electrons. The number of pyridine rings is 1. The number of nitrogens with zero attached hydrogens (tertiary/aromatic N) is 2. The van der Waals surface area contributed by atoms with Crippen LogP contribution in [0.2, 0.25) is 0 Å². The van der Waals surface area contributed by atoms with Crippen LogP contribution in [0.25, 0.3) is 17.0 Å². The molecule has 24 heavy (non-hydrogen) atoms. The number of carboxylic acids is 1. The Kier molecular flexibility index (Phi) is 4.92. The van der Waals surface area contributed by atoms with Crippen LogP contribution >= 0.6 is 24.0 Å². The van der Waals surface area contributed by atoms with Gasteiger partial charge in [0.25, 0.3) is 5.91 Å². The maximum absolute atomic E-state index is 12.4. The summed E-state index contributed by atoms with van der Waals surface area (Å²) in [4.78, 5) is 29.4. The van der Waals surface area contributed by atoms with Crippen molar-refractivity contribution >= 4 is 57.2 Å². The maximum Gasteiger partial charge on any atom is 0.303 e. The second-order valence-electron chi connectivity index (χ2n) is 5.29. The normalized spacial score (nSPS) is 16.3. The fraction of sp³-hybridized carbons (Fsp3) is 0.176. The topological polar surface area (TPSA) is 70.5 Å². The fourth-order valence-electron chi connectivity index (χ4n) is 2.40. The van der Waals surface area contributed by atoms with Crippen molar-refractivity contribution in [1.29, 1.82) is 0 Å². The average molecular weight is 358 g/mol. The fourth-order valence-corrected chi connectivity index (χ4v) is 3.71. The number of hydrogen-bond donors (Lipinski definition) is 1. The number of fused-ring (bicyclic) bond motifs is 1. The van der Waals surface area contributed by atoms with Gasteiger partial charge in [-0.1, -0.05) is 42.2 Å². The molecule has 0 unspecified atom stereocenters. The van der Waals surface area contributed by atoms with E-state index in [4.69, 9.17) is 17.3 Å². The van der Waals surface area contributed by atoms with Crippen LogP contribution < -0.4 is 0 Å². The van der Waals surface area contributed by atoms with Crippen LogP contribution in [0.5, 0.6) is 0 Å². The lowest BCUT2D eigenvalue weighted by atomic mass is 10.1. The predicted octanol–water partition coefficient (Wildman–Crippen LogP) is 3.30. The summed E-state index contributed by atoms with van der Waals surface area (Å²) in [6.45, 7) is 0.324. The van der Waals surface area contributed by atoms with Gasteiger partial charge in [-0.2, -0.15) is 0 Å². The van der Waals surface area contributed by atoms with Gasteiger partial charge in [0.1, 0.15) is 4.32 Å². The van der Waals surface area contributed by atoms with E-state index in [0.29, 0.717) is 22.2 Å². The lowest BCUT2D eigenvalue weighted by Gasteiger charge is -2.13. The lowest BCUT2D eigenvalue weighted by molar-refractivity contribution is -0.137. The van der Waals surface area contributed by atoms with Gasteiger partial charge in [-0.15, -0.1) is 0 Å². The second kappa shape index (κ2) is 7.11. The van der Waals surface area contributed by atoms with Gasteiger partial charge in [0.2, 0.25) is 0 Å². The SMILES string of the molecule is O=C(O)CCCN1C(=O)/C(=C/c2cnc3ccccc3c2)SC1=S. The number of aliphatic carboxylic acids is 1. The molecule has 1 aromatic carbocycles. The summed E-state index contributed by atoms with van der Waals surface area (Å²) in [5.74, 6) is -1.05. The van der Waals surface area contributed by atoms with Crippen LogP contribution in [0.4, 0.5) is 0 Å². The van der Waals surface area contributed by atoms with Crippen molar-refractivity contribution in [2.75, 3.05) is 6.54 Å². The molecule has 0 saturated carbocycles. The van der Waals surface area contributed by atoms with Crippen LogP contribution in [-0.2, 0) is 9.59 Å². The zero-order valence-corrected chi connectivity index (χ0v) is 14.3. The zero-order valence-electron chi connectivity index (χ0n) is 12.6. The van der Waals surface area contributed by atoms with Crippen molar-refractivity contribution in [2.24, 2.45) is 0 Å². The zero-order chi connectivity index (χ0) is 17.1. The Labute approximate surface area is 148 Å². The summed E-state index contributed by atoms with van der Waals surface area (Å²) in [5, 5.41) is 9.70. The van der Waals surface area contributed by atoms with Gasteiger partial charge < -0.3 is 5.11 Å². The van der Waals surface area contributed by atoms with E-state index >= 15 is 0 Å². The van der Waals surface area contributed by atoms with E-state index < -0.39 is 5.97 Å². The van der Waals surface area contributed by atoms with Crippen molar-refractivity contribution in [2.45, 2.75) is 12.8 Å². The summed E-state index contributed by atoms with van der Waals surface area (Å²) in [6.07, 6.45) is 3.90. The third-order valence-electron chi connectivity index (χ3n) is 3.56. The first-order valence-corrected chi connectivity index (χ1v) is 8.59. The van der Waals surface area contributed by atoms with Crippen LogP contribution in [0.15, 0.2) is 41.4 Å². The number of thiocarbonyl (C=S) groups is 1. The minimum absolute atomic E-state index is 0.0186. The molecular weight excluding hydrogens is 344 g/mol. The van der Waals surface area contributed by atoms with Gasteiger partial charge >= 0.3 is 5.97 Å². The monoisotopic (exact) mass is 358 g/mol. The van der Waals surface area contributed by atoms with Gasteiger partial charge in [-0.05, 0) is 30.2 Å². The smallest absolute Gasteiger partial charge is 0.303 e. The Morgan fingerprint density at radius 3 is 2.96 bits per heavy atom. The molecule has 1 aliphatic heterocycles. The van der Waals surface area contributed by atoms with Gasteiger partial charge in [0.05, 0.1) is 10.4 Å². The standard InChI is InChI=1S/C17H14N2O3S2/c20-15(21)6-3-7-19-16(22)14(24-17(19)23)9-11-8-12-4-1-2-5-13(12)18-10-11/h1-2,4-5,8-10H,3,6-7H2,(H,20,21)/b14-9-. The van der Waals surface area contributed by atoms with Gasteiger partial charge in [0, 0.05) is 24.5 Å². The number of hydrogen-bond acceptors (Lipinski definition) is 5. The first-order valence-electron chi connectivity index (χ1n) is 7.36. The minimum Gasteiger partial charge on any atom is -0.481 e. The number of aromatic nitrogens is 1. The molecule has 0 atom stereocenters. The molecule has 1 saturated heterocycles. The molecule has 1 N–H and O–H groups in total. The molecule has 1 aromatic heterocycles. The Bertz CT molecular complexity index is 864. The minimum atomic E-state index is -0.877. The lowest BCUT2D eigenvalue weighted by Crippen LogP contribution is -2.29. The highest BCUT2D eigenvalue weighted by atomic mass is 32.2. The number of rotatable bonds is 5. The molecule has 122 valence electrons. The number of carbonyl (C=O) groups excluding carboxylic acids is 1. The van der Waals surface area contributed by atoms with E-state index in [1.165, 1.54) is 16.7 Å².